The zero-order valence-electron chi connectivity index (χ0n) is 10.9. The topological polar surface area (TPSA) is 81.4 Å². The molecule has 0 radical (unpaired) electrons. The second kappa shape index (κ2) is 6.83. The Balaban J connectivity index is 2.83. The number of rotatable bonds is 7. The summed E-state index contributed by atoms with van der Waals surface area (Å²) in [7, 11) is -2.03. The minimum absolute atomic E-state index is 0.0185. The van der Waals surface area contributed by atoms with Gasteiger partial charge in [-0.2, -0.15) is 0 Å². The van der Waals surface area contributed by atoms with Crippen LogP contribution in [0, 0.1) is 0 Å². The van der Waals surface area contributed by atoms with Gasteiger partial charge in [-0.1, -0.05) is 37.3 Å². The quantitative estimate of drug-likeness (QED) is 0.739. The fourth-order valence-electron chi connectivity index (χ4n) is 1.70. The molecule has 1 aromatic carbocycles. The Bertz CT molecular complexity index is 544. The molecule has 0 heterocycles. The van der Waals surface area contributed by atoms with Crippen LogP contribution in [-0.4, -0.2) is 25.8 Å². The molecule has 1 rings (SSSR count). The van der Waals surface area contributed by atoms with Gasteiger partial charge < -0.3 is 10.5 Å². The number of methoxy groups -OCH3 is 1. The molecule has 3 N–H and O–H groups in total. The van der Waals surface area contributed by atoms with Crippen LogP contribution in [0.15, 0.2) is 24.3 Å². The smallest absolute Gasteiger partial charge is 0.221 e. The summed E-state index contributed by atoms with van der Waals surface area (Å²) in [5, 5.41) is -0.850. The van der Waals surface area contributed by atoms with Gasteiger partial charge in [0.25, 0.3) is 0 Å². The highest BCUT2D eigenvalue weighted by molar-refractivity contribution is 7.93. The van der Waals surface area contributed by atoms with Gasteiger partial charge in [-0.25, -0.2) is 13.1 Å². The minimum atomic E-state index is -3.57. The molecule has 5 nitrogen and oxygen atoms in total. The third-order valence-electron chi connectivity index (χ3n) is 2.72. The number of hydrogen-bond acceptors (Lipinski definition) is 4. The van der Waals surface area contributed by atoms with Crippen molar-refractivity contribution in [2.45, 2.75) is 25.1 Å². The first kappa shape index (κ1) is 15.9. The van der Waals surface area contributed by atoms with E-state index in [-0.39, 0.29) is 11.5 Å². The van der Waals surface area contributed by atoms with Crippen LogP contribution in [0.25, 0.3) is 0 Å². The Morgan fingerprint density at radius 1 is 1.47 bits per heavy atom. The fourth-order valence-corrected chi connectivity index (χ4v) is 3.55. The summed E-state index contributed by atoms with van der Waals surface area (Å²) in [6.07, 6.45) is 0.344. The lowest BCUT2D eigenvalue weighted by Gasteiger charge is -2.16. The number of para-hydroxylation sites is 1. The van der Waals surface area contributed by atoms with Crippen LogP contribution < -0.4 is 15.2 Å². The fraction of sp³-hybridized carbons (Fsp3) is 0.417. The summed E-state index contributed by atoms with van der Waals surface area (Å²) in [4.78, 5) is -0.0185. The van der Waals surface area contributed by atoms with E-state index >= 15 is 0 Å². The first-order valence-corrected chi connectivity index (χ1v) is 7.77. The standard InChI is InChI=1S/C12H18N2O3S2/c1-3-11(12(13)18)19(15,16)14-8-9-6-4-5-7-10(9)17-2/h4-7,11,14H,3,8H2,1-2H3,(H2,13,18). The molecule has 0 aliphatic heterocycles. The molecule has 0 aliphatic carbocycles. The number of sulfonamides is 1. The van der Waals surface area contributed by atoms with Gasteiger partial charge in [0.2, 0.25) is 10.0 Å². The van der Waals surface area contributed by atoms with Crippen LogP contribution in [0.2, 0.25) is 0 Å². The number of benzene rings is 1. The lowest BCUT2D eigenvalue weighted by atomic mass is 10.2. The van der Waals surface area contributed by atoms with Crippen LogP contribution in [0.3, 0.4) is 0 Å². The van der Waals surface area contributed by atoms with Gasteiger partial charge >= 0.3 is 0 Å². The highest BCUT2D eigenvalue weighted by Crippen LogP contribution is 2.17. The maximum atomic E-state index is 12.1. The van der Waals surface area contributed by atoms with Gasteiger partial charge in [0.15, 0.2) is 0 Å². The molecule has 0 saturated heterocycles. The molecule has 106 valence electrons. The van der Waals surface area contributed by atoms with E-state index in [0.717, 1.165) is 5.56 Å². The summed E-state index contributed by atoms with van der Waals surface area (Å²) in [5.74, 6) is 0.633. The van der Waals surface area contributed by atoms with Crippen molar-refractivity contribution in [3.8, 4) is 5.75 Å². The summed E-state index contributed by atoms with van der Waals surface area (Å²) >= 11 is 4.78. The second-order valence-corrected chi connectivity index (χ2v) is 6.40. The van der Waals surface area contributed by atoms with Crippen LogP contribution in [-0.2, 0) is 16.6 Å². The van der Waals surface area contributed by atoms with Crippen molar-refractivity contribution >= 4 is 27.2 Å². The monoisotopic (exact) mass is 302 g/mol. The van der Waals surface area contributed by atoms with Gasteiger partial charge in [0.1, 0.15) is 11.0 Å². The van der Waals surface area contributed by atoms with Gasteiger partial charge in [-0.3, -0.25) is 0 Å². The third-order valence-corrected chi connectivity index (χ3v) is 5.04. The number of nitrogens with one attached hydrogen (secondary N) is 1. The summed E-state index contributed by atoms with van der Waals surface area (Å²) in [6.45, 7) is 1.87. The SMILES string of the molecule is CCC(C(N)=S)S(=O)(=O)NCc1ccccc1OC. The second-order valence-electron chi connectivity index (χ2n) is 3.98. The van der Waals surface area contributed by atoms with Gasteiger partial charge in [-0.05, 0) is 12.5 Å². The molecular weight excluding hydrogens is 284 g/mol. The third kappa shape index (κ3) is 4.15. The zero-order valence-corrected chi connectivity index (χ0v) is 12.6. The van der Waals surface area contributed by atoms with E-state index in [9.17, 15) is 8.42 Å². The van der Waals surface area contributed by atoms with Crippen molar-refractivity contribution in [2.24, 2.45) is 5.73 Å². The highest BCUT2D eigenvalue weighted by Gasteiger charge is 2.26. The van der Waals surface area contributed by atoms with Gasteiger partial charge in [0, 0.05) is 12.1 Å². The van der Waals surface area contributed by atoms with Crippen LogP contribution >= 0.6 is 12.2 Å². The molecule has 0 amide bonds. The molecule has 0 bridgehead atoms. The van der Waals surface area contributed by atoms with E-state index in [4.69, 9.17) is 22.7 Å². The molecule has 1 aromatic rings. The molecular formula is C12H18N2O3S2. The molecule has 0 saturated carbocycles. The average molecular weight is 302 g/mol. The highest BCUT2D eigenvalue weighted by atomic mass is 32.2. The molecule has 0 aliphatic rings. The van der Waals surface area contributed by atoms with Crippen molar-refractivity contribution in [1.29, 1.82) is 0 Å². The van der Waals surface area contributed by atoms with Crippen molar-refractivity contribution < 1.29 is 13.2 Å². The molecule has 1 atom stereocenters. The van der Waals surface area contributed by atoms with Crippen molar-refractivity contribution in [2.75, 3.05) is 7.11 Å². The maximum Gasteiger partial charge on any atom is 0.221 e. The molecule has 0 spiro atoms. The van der Waals surface area contributed by atoms with Crippen molar-refractivity contribution in [3.63, 3.8) is 0 Å². The van der Waals surface area contributed by atoms with Gasteiger partial charge in [0.05, 0.1) is 12.1 Å². The molecule has 19 heavy (non-hydrogen) atoms. The summed E-state index contributed by atoms with van der Waals surface area (Å²) in [6, 6.07) is 7.20. The predicted octanol–water partition coefficient (Wildman–Crippen LogP) is 1.18. The number of hydrogen-bond donors (Lipinski definition) is 2. The van der Waals surface area contributed by atoms with Crippen LogP contribution in [0.4, 0.5) is 0 Å². The largest absolute Gasteiger partial charge is 0.496 e. The van der Waals surface area contributed by atoms with Gasteiger partial charge in [-0.15, -0.1) is 0 Å². The number of thiocarbonyl (C=S) groups is 1. The predicted molar refractivity (Wildman–Crippen MR) is 79.6 cm³/mol. The Morgan fingerprint density at radius 3 is 2.63 bits per heavy atom. The number of ether oxygens (including phenoxy) is 1. The lowest BCUT2D eigenvalue weighted by molar-refractivity contribution is 0.409. The van der Waals surface area contributed by atoms with E-state index in [1.807, 2.05) is 12.1 Å². The Hall–Kier alpha value is -1.18. The molecule has 7 heteroatoms. The first-order valence-electron chi connectivity index (χ1n) is 5.82. The Kier molecular flexibility index (Phi) is 5.71. The Labute approximate surface area is 119 Å². The van der Waals surface area contributed by atoms with E-state index < -0.39 is 15.3 Å². The summed E-state index contributed by atoms with van der Waals surface area (Å²) < 4.78 is 31.8. The zero-order chi connectivity index (χ0) is 14.5. The van der Waals surface area contributed by atoms with E-state index in [1.54, 1.807) is 19.1 Å². The average Bonchev–Trinajstić information content (AvgIpc) is 2.36. The molecule has 0 aromatic heterocycles. The van der Waals surface area contributed by atoms with Crippen molar-refractivity contribution in [1.82, 2.24) is 4.72 Å². The van der Waals surface area contributed by atoms with E-state index in [0.29, 0.717) is 12.2 Å². The van der Waals surface area contributed by atoms with Crippen LogP contribution in [0.1, 0.15) is 18.9 Å². The summed E-state index contributed by atoms with van der Waals surface area (Å²) in [5.41, 5.74) is 6.20. The molecule has 1 unspecified atom stereocenters. The lowest BCUT2D eigenvalue weighted by Crippen LogP contribution is -2.41. The first-order chi connectivity index (χ1) is 8.92. The van der Waals surface area contributed by atoms with E-state index in [2.05, 4.69) is 4.72 Å². The number of nitrogens with two attached hydrogens (primary N) is 1. The Morgan fingerprint density at radius 2 is 2.11 bits per heavy atom. The van der Waals surface area contributed by atoms with Crippen molar-refractivity contribution in [3.05, 3.63) is 29.8 Å². The van der Waals surface area contributed by atoms with Crippen LogP contribution in [0.5, 0.6) is 5.75 Å². The minimum Gasteiger partial charge on any atom is -0.496 e. The van der Waals surface area contributed by atoms with E-state index in [1.165, 1.54) is 7.11 Å². The normalized spacial score (nSPS) is 12.9. The maximum absolute atomic E-state index is 12.1. The molecule has 0 fully saturated rings.